The van der Waals surface area contributed by atoms with E-state index in [1.807, 2.05) is 30.3 Å². The van der Waals surface area contributed by atoms with Crippen LogP contribution in [-0.2, 0) is 20.7 Å². The van der Waals surface area contributed by atoms with Crippen LogP contribution in [0.15, 0.2) is 30.3 Å². The number of nitrogens with one attached hydrogen (secondary N) is 1. The quantitative estimate of drug-likeness (QED) is 0.242. The van der Waals surface area contributed by atoms with E-state index in [1.165, 1.54) is 44.9 Å². The van der Waals surface area contributed by atoms with Gasteiger partial charge in [-0.2, -0.15) is 0 Å². The van der Waals surface area contributed by atoms with Crippen molar-refractivity contribution in [1.82, 2.24) is 5.32 Å². The molecule has 0 aliphatic heterocycles. The Morgan fingerprint density at radius 2 is 1.43 bits per heavy atom. The zero-order valence-corrected chi connectivity index (χ0v) is 18.9. The first-order valence-electron chi connectivity index (χ1n) is 11.8. The van der Waals surface area contributed by atoms with Crippen LogP contribution in [0.3, 0.4) is 0 Å². The van der Waals surface area contributed by atoms with Gasteiger partial charge in [-0.25, -0.2) is 0 Å². The van der Waals surface area contributed by atoms with Crippen LogP contribution >= 0.6 is 0 Å². The summed E-state index contributed by atoms with van der Waals surface area (Å²) in [6, 6.07) is 8.09. The number of unbranched alkanes of at least 4 members (excludes halogenated alkanes) is 9. The number of benzene rings is 1. The van der Waals surface area contributed by atoms with Crippen molar-refractivity contribution < 1.29 is 19.4 Å². The molecule has 1 aromatic carbocycles. The third-order valence-electron chi connectivity index (χ3n) is 5.40. The summed E-state index contributed by atoms with van der Waals surface area (Å²) in [5.74, 6) is -1.30. The monoisotopic (exact) mass is 419 g/mol. The van der Waals surface area contributed by atoms with Gasteiger partial charge in [-0.3, -0.25) is 14.9 Å². The molecule has 0 saturated heterocycles. The van der Waals surface area contributed by atoms with Gasteiger partial charge in [0.2, 0.25) is 0 Å². The van der Waals surface area contributed by atoms with E-state index in [0.29, 0.717) is 19.4 Å². The zero-order chi connectivity index (χ0) is 22.0. The molecule has 2 atom stereocenters. The number of aliphatic carboxylic acids is 1. The van der Waals surface area contributed by atoms with Gasteiger partial charge in [0.25, 0.3) is 0 Å². The molecule has 1 rings (SSSR count). The maximum Gasteiger partial charge on any atom is 0.323 e. The average molecular weight is 420 g/mol. The van der Waals surface area contributed by atoms with Crippen LogP contribution in [0.1, 0.15) is 90.0 Å². The number of esters is 1. The summed E-state index contributed by atoms with van der Waals surface area (Å²) in [4.78, 5) is 24.1. The first-order valence-corrected chi connectivity index (χ1v) is 11.8. The average Bonchev–Trinajstić information content (AvgIpc) is 2.74. The van der Waals surface area contributed by atoms with E-state index in [9.17, 15) is 14.7 Å². The van der Waals surface area contributed by atoms with Crippen molar-refractivity contribution in [2.75, 3.05) is 6.61 Å². The van der Waals surface area contributed by atoms with Gasteiger partial charge in [-0.15, -0.1) is 0 Å². The topological polar surface area (TPSA) is 75.6 Å². The fraction of sp³-hybridized carbons (Fsp3) is 0.680. The molecule has 5 nitrogen and oxygen atoms in total. The number of carbonyl (C=O) groups excluding carboxylic acids is 1. The van der Waals surface area contributed by atoms with Gasteiger partial charge in [-0.05, 0) is 25.3 Å². The molecule has 30 heavy (non-hydrogen) atoms. The summed E-state index contributed by atoms with van der Waals surface area (Å²) in [6.45, 7) is 4.30. The van der Waals surface area contributed by atoms with Gasteiger partial charge in [0.05, 0.1) is 6.61 Å². The molecule has 0 aromatic heterocycles. The van der Waals surface area contributed by atoms with Crippen molar-refractivity contribution in [2.45, 2.75) is 103 Å². The van der Waals surface area contributed by atoms with Crippen molar-refractivity contribution in [2.24, 2.45) is 0 Å². The lowest BCUT2D eigenvalue weighted by Gasteiger charge is -2.22. The highest BCUT2D eigenvalue weighted by atomic mass is 16.5. The molecule has 0 heterocycles. The molecule has 0 fully saturated rings. The van der Waals surface area contributed by atoms with E-state index in [1.54, 1.807) is 6.92 Å². The van der Waals surface area contributed by atoms with Crippen LogP contribution in [-0.4, -0.2) is 35.7 Å². The molecule has 5 heteroatoms. The van der Waals surface area contributed by atoms with Gasteiger partial charge in [0, 0.05) is 0 Å². The first-order chi connectivity index (χ1) is 14.6. The van der Waals surface area contributed by atoms with Crippen LogP contribution in [0.25, 0.3) is 0 Å². The lowest BCUT2D eigenvalue weighted by Crippen LogP contribution is -2.48. The van der Waals surface area contributed by atoms with E-state index < -0.39 is 18.1 Å². The molecule has 2 N–H and O–H groups in total. The van der Waals surface area contributed by atoms with Crippen LogP contribution in [0.5, 0.6) is 0 Å². The number of ether oxygens (including phenoxy) is 1. The second-order valence-electron chi connectivity index (χ2n) is 8.02. The highest BCUT2D eigenvalue weighted by Gasteiger charge is 2.27. The molecule has 1 unspecified atom stereocenters. The van der Waals surface area contributed by atoms with E-state index in [0.717, 1.165) is 24.8 Å². The second kappa shape index (κ2) is 16.9. The van der Waals surface area contributed by atoms with Crippen molar-refractivity contribution in [3.63, 3.8) is 0 Å². The maximum absolute atomic E-state index is 12.4. The van der Waals surface area contributed by atoms with Crippen molar-refractivity contribution in [3.8, 4) is 0 Å². The Bertz CT molecular complexity index is 576. The van der Waals surface area contributed by atoms with Gasteiger partial charge < -0.3 is 9.84 Å². The van der Waals surface area contributed by atoms with Gasteiger partial charge in [0.15, 0.2) is 0 Å². The molecule has 1 aromatic rings. The Kier molecular flexibility index (Phi) is 14.7. The molecule has 0 aliphatic carbocycles. The molecule has 0 aliphatic rings. The first kappa shape index (κ1) is 26.2. The predicted molar refractivity (Wildman–Crippen MR) is 122 cm³/mol. The minimum absolute atomic E-state index is 0.297. The zero-order valence-electron chi connectivity index (χ0n) is 18.9. The lowest BCUT2D eigenvalue weighted by molar-refractivity contribution is -0.147. The van der Waals surface area contributed by atoms with E-state index in [2.05, 4.69) is 12.2 Å². The summed E-state index contributed by atoms with van der Waals surface area (Å²) in [6.07, 6.45) is 13.2. The minimum Gasteiger partial charge on any atom is -0.480 e. The van der Waals surface area contributed by atoms with Gasteiger partial charge >= 0.3 is 11.9 Å². The molecule has 170 valence electrons. The Hall–Kier alpha value is -1.88. The minimum atomic E-state index is -0.948. The SMILES string of the molecule is CCCCCCCCCCCC[C@H](NC(Cc1ccccc1)C(=O)O)C(=O)OCC. The van der Waals surface area contributed by atoms with E-state index in [4.69, 9.17) is 4.74 Å². The Labute approximate surface area is 182 Å². The Morgan fingerprint density at radius 1 is 0.867 bits per heavy atom. The molecule has 0 amide bonds. The number of carbonyl (C=O) groups is 2. The second-order valence-corrected chi connectivity index (χ2v) is 8.02. The number of hydrogen-bond acceptors (Lipinski definition) is 4. The van der Waals surface area contributed by atoms with Crippen LogP contribution in [0.4, 0.5) is 0 Å². The fourth-order valence-electron chi connectivity index (χ4n) is 3.66. The van der Waals surface area contributed by atoms with Gasteiger partial charge in [-0.1, -0.05) is 101 Å². The number of carboxylic acids is 1. The summed E-state index contributed by atoms with van der Waals surface area (Å²) in [5, 5.41) is 12.7. The summed E-state index contributed by atoms with van der Waals surface area (Å²) in [7, 11) is 0. The third kappa shape index (κ3) is 12.0. The Balaban J connectivity index is 2.42. The normalized spacial score (nSPS) is 13.0. The standard InChI is InChI=1S/C25H41NO4/c1-3-5-6-7-8-9-10-11-12-16-19-22(25(29)30-4-2)26-23(24(27)28)20-21-17-14-13-15-18-21/h13-15,17-18,22-23,26H,3-12,16,19-20H2,1-2H3,(H,27,28)/t22-,23?/m0/s1. The maximum atomic E-state index is 12.4. The molecular weight excluding hydrogens is 378 g/mol. The van der Waals surface area contributed by atoms with Crippen molar-refractivity contribution >= 4 is 11.9 Å². The Morgan fingerprint density at radius 3 is 1.97 bits per heavy atom. The third-order valence-corrected chi connectivity index (χ3v) is 5.40. The highest BCUT2D eigenvalue weighted by Crippen LogP contribution is 2.13. The van der Waals surface area contributed by atoms with Crippen LogP contribution in [0.2, 0.25) is 0 Å². The van der Waals surface area contributed by atoms with Crippen LogP contribution in [0, 0.1) is 0 Å². The summed E-state index contributed by atoms with van der Waals surface area (Å²) >= 11 is 0. The summed E-state index contributed by atoms with van der Waals surface area (Å²) in [5.41, 5.74) is 0.930. The van der Waals surface area contributed by atoms with Crippen molar-refractivity contribution in [3.05, 3.63) is 35.9 Å². The number of carboxylic acid groups (broad SMARTS) is 1. The smallest absolute Gasteiger partial charge is 0.323 e. The van der Waals surface area contributed by atoms with Gasteiger partial charge in [0.1, 0.15) is 12.1 Å². The largest absolute Gasteiger partial charge is 0.480 e. The van der Waals surface area contributed by atoms with Crippen LogP contribution < -0.4 is 5.32 Å². The predicted octanol–water partition coefficient (Wildman–Crippen LogP) is 5.51. The molecular formula is C25H41NO4. The fourth-order valence-corrected chi connectivity index (χ4v) is 3.66. The van der Waals surface area contributed by atoms with Crippen molar-refractivity contribution in [1.29, 1.82) is 0 Å². The van der Waals surface area contributed by atoms with E-state index >= 15 is 0 Å². The molecule has 0 bridgehead atoms. The number of rotatable bonds is 18. The van der Waals surface area contributed by atoms with E-state index in [-0.39, 0.29) is 5.97 Å². The lowest BCUT2D eigenvalue weighted by atomic mass is 10.0. The summed E-state index contributed by atoms with van der Waals surface area (Å²) < 4.78 is 5.18. The highest BCUT2D eigenvalue weighted by molar-refractivity contribution is 5.78. The molecule has 0 saturated carbocycles. The molecule has 0 radical (unpaired) electrons. The number of hydrogen-bond donors (Lipinski definition) is 2. The molecule has 0 spiro atoms.